The molecule has 2 heterocycles. The first-order valence-electron chi connectivity index (χ1n) is 7.47. The van der Waals surface area contributed by atoms with Gasteiger partial charge < -0.3 is 19.7 Å². The molecule has 0 radical (unpaired) electrons. The monoisotopic (exact) mass is 270 g/mol. The molecule has 0 aromatic heterocycles. The Morgan fingerprint density at radius 3 is 2.68 bits per heavy atom. The van der Waals surface area contributed by atoms with Crippen molar-refractivity contribution in [2.75, 3.05) is 39.4 Å². The predicted molar refractivity (Wildman–Crippen MR) is 73.1 cm³/mol. The molecule has 2 rings (SSSR count). The van der Waals surface area contributed by atoms with E-state index in [2.05, 4.69) is 5.32 Å². The highest BCUT2D eigenvalue weighted by Crippen LogP contribution is 2.10. The maximum atomic E-state index is 12.0. The largest absolute Gasteiger partial charge is 0.370 e. The molecule has 19 heavy (non-hydrogen) atoms. The Morgan fingerprint density at radius 1 is 1.26 bits per heavy atom. The number of amides is 1. The van der Waals surface area contributed by atoms with Crippen LogP contribution in [0.1, 0.15) is 32.6 Å². The second-order valence-corrected chi connectivity index (χ2v) is 5.54. The fraction of sp³-hybridized carbons (Fsp3) is 0.929. The average Bonchev–Trinajstić information content (AvgIpc) is 2.67. The van der Waals surface area contributed by atoms with E-state index in [1.807, 2.05) is 11.8 Å². The van der Waals surface area contributed by atoms with E-state index in [0.717, 1.165) is 39.0 Å². The average molecular weight is 270 g/mol. The summed E-state index contributed by atoms with van der Waals surface area (Å²) in [5, 5.41) is 3.29. The number of morpholine rings is 1. The highest BCUT2D eigenvalue weighted by molar-refractivity contribution is 5.77. The summed E-state index contributed by atoms with van der Waals surface area (Å²) in [5.41, 5.74) is 0. The van der Waals surface area contributed by atoms with Crippen LogP contribution in [-0.4, -0.2) is 62.4 Å². The third-order valence-electron chi connectivity index (χ3n) is 3.72. The molecule has 2 atom stereocenters. The first-order valence-corrected chi connectivity index (χ1v) is 7.47. The molecule has 0 saturated carbocycles. The zero-order chi connectivity index (χ0) is 13.5. The summed E-state index contributed by atoms with van der Waals surface area (Å²) < 4.78 is 11.2. The fourth-order valence-electron chi connectivity index (χ4n) is 2.66. The molecule has 1 amide bonds. The van der Waals surface area contributed by atoms with Crippen LogP contribution in [0.2, 0.25) is 0 Å². The van der Waals surface area contributed by atoms with Crippen molar-refractivity contribution in [3.05, 3.63) is 0 Å². The van der Waals surface area contributed by atoms with E-state index in [1.54, 1.807) is 0 Å². The standard InChI is InChI=1S/C14H26N2O3/c1-12-8-15-9-13(19-12)10-18-11-14(17)16-6-4-2-3-5-7-16/h12-13,15H,2-11H2,1H3. The van der Waals surface area contributed by atoms with Crippen LogP contribution >= 0.6 is 0 Å². The molecule has 2 fully saturated rings. The van der Waals surface area contributed by atoms with Crippen LogP contribution in [0.5, 0.6) is 0 Å². The molecule has 0 spiro atoms. The number of ether oxygens (including phenoxy) is 2. The third-order valence-corrected chi connectivity index (χ3v) is 3.72. The lowest BCUT2D eigenvalue weighted by molar-refractivity contribution is -0.138. The number of likely N-dealkylation sites (tertiary alicyclic amines) is 1. The van der Waals surface area contributed by atoms with Gasteiger partial charge in [-0.25, -0.2) is 0 Å². The molecule has 0 bridgehead atoms. The second kappa shape index (κ2) is 7.82. The maximum absolute atomic E-state index is 12.0. The fourth-order valence-corrected chi connectivity index (χ4v) is 2.66. The molecule has 0 aromatic rings. The summed E-state index contributed by atoms with van der Waals surface area (Å²) >= 11 is 0. The van der Waals surface area contributed by atoms with Crippen molar-refractivity contribution in [3.63, 3.8) is 0 Å². The Hall–Kier alpha value is -0.650. The highest BCUT2D eigenvalue weighted by Gasteiger charge is 2.20. The van der Waals surface area contributed by atoms with E-state index in [9.17, 15) is 4.79 Å². The van der Waals surface area contributed by atoms with Gasteiger partial charge in [0.2, 0.25) is 5.91 Å². The maximum Gasteiger partial charge on any atom is 0.248 e. The Balaban J connectivity index is 1.62. The van der Waals surface area contributed by atoms with Crippen molar-refractivity contribution in [2.24, 2.45) is 0 Å². The van der Waals surface area contributed by atoms with Gasteiger partial charge in [0, 0.05) is 26.2 Å². The Morgan fingerprint density at radius 2 is 2.00 bits per heavy atom. The summed E-state index contributed by atoms with van der Waals surface area (Å²) in [5.74, 6) is 0.124. The lowest BCUT2D eigenvalue weighted by atomic mass is 10.2. The normalized spacial score (nSPS) is 29.0. The van der Waals surface area contributed by atoms with Crippen molar-refractivity contribution < 1.29 is 14.3 Å². The molecule has 2 unspecified atom stereocenters. The molecule has 5 heteroatoms. The quantitative estimate of drug-likeness (QED) is 0.820. The smallest absolute Gasteiger partial charge is 0.248 e. The minimum atomic E-state index is 0.0701. The van der Waals surface area contributed by atoms with E-state index < -0.39 is 0 Å². The molecular formula is C14H26N2O3. The number of nitrogens with one attached hydrogen (secondary N) is 1. The van der Waals surface area contributed by atoms with Crippen LogP contribution in [0.3, 0.4) is 0 Å². The van der Waals surface area contributed by atoms with E-state index in [4.69, 9.17) is 9.47 Å². The molecule has 2 saturated heterocycles. The lowest BCUT2D eigenvalue weighted by Crippen LogP contribution is -2.45. The zero-order valence-corrected chi connectivity index (χ0v) is 11.9. The van der Waals surface area contributed by atoms with E-state index >= 15 is 0 Å². The topological polar surface area (TPSA) is 50.8 Å². The number of carbonyl (C=O) groups is 1. The van der Waals surface area contributed by atoms with Crippen molar-refractivity contribution in [1.82, 2.24) is 10.2 Å². The number of hydrogen-bond acceptors (Lipinski definition) is 4. The van der Waals surface area contributed by atoms with Crippen LogP contribution in [0.15, 0.2) is 0 Å². The second-order valence-electron chi connectivity index (χ2n) is 5.54. The highest BCUT2D eigenvalue weighted by atomic mass is 16.5. The Labute approximate surface area is 115 Å². The van der Waals surface area contributed by atoms with Gasteiger partial charge >= 0.3 is 0 Å². The van der Waals surface area contributed by atoms with E-state index in [0.29, 0.717) is 6.61 Å². The van der Waals surface area contributed by atoms with Gasteiger partial charge in [-0.05, 0) is 19.8 Å². The lowest BCUT2D eigenvalue weighted by Gasteiger charge is -2.28. The molecule has 2 aliphatic rings. The molecular weight excluding hydrogens is 244 g/mol. The van der Waals surface area contributed by atoms with Gasteiger partial charge in [0.25, 0.3) is 0 Å². The van der Waals surface area contributed by atoms with Crippen molar-refractivity contribution in [3.8, 4) is 0 Å². The van der Waals surface area contributed by atoms with Gasteiger partial charge in [-0.2, -0.15) is 0 Å². The number of nitrogens with zero attached hydrogens (tertiary/aromatic N) is 1. The molecule has 5 nitrogen and oxygen atoms in total. The number of hydrogen-bond donors (Lipinski definition) is 1. The Kier molecular flexibility index (Phi) is 6.07. The van der Waals surface area contributed by atoms with Gasteiger partial charge in [-0.1, -0.05) is 12.8 Å². The first kappa shape index (κ1) is 14.8. The van der Waals surface area contributed by atoms with Gasteiger partial charge in [-0.3, -0.25) is 4.79 Å². The SMILES string of the molecule is CC1CNCC(COCC(=O)N2CCCCCC2)O1. The van der Waals surface area contributed by atoms with Crippen molar-refractivity contribution in [1.29, 1.82) is 0 Å². The summed E-state index contributed by atoms with van der Waals surface area (Å²) in [6.07, 6.45) is 5.02. The minimum absolute atomic E-state index is 0.0701. The van der Waals surface area contributed by atoms with Crippen molar-refractivity contribution in [2.45, 2.75) is 44.8 Å². The number of carbonyl (C=O) groups excluding carboxylic acids is 1. The van der Waals surface area contributed by atoms with Gasteiger partial charge in [0.1, 0.15) is 6.61 Å². The zero-order valence-electron chi connectivity index (χ0n) is 11.9. The number of rotatable bonds is 4. The molecule has 1 N–H and O–H groups in total. The van der Waals surface area contributed by atoms with Crippen LogP contribution < -0.4 is 5.32 Å². The predicted octanol–water partition coefficient (Wildman–Crippen LogP) is 0.782. The van der Waals surface area contributed by atoms with Gasteiger partial charge in [0.15, 0.2) is 0 Å². The van der Waals surface area contributed by atoms with Crippen LogP contribution in [0, 0.1) is 0 Å². The van der Waals surface area contributed by atoms with Gasteiger partial charge in [0.05, 0.1) is 18.8 Å². The summed E-state index contributed by atoms with van der Waals surface area (Å²) in [7, 11) is 0. The van der Waals surface area contributed by atoms with Gasteiger partial charge in [-0.15, -0.1) is 0 Å². The summed E-state index contributed by atoms with van der Waals surface area (Å²) in [6.45, 7) is 6.21. The van der Waals surface area contributed by atoms with E-state index in [1.165, 1.54) is 12.8 Å². The first-order chi connectivity index (χ1) is 9.25. The summed E-state index contributed by atoms with van der Waals surface area (Å²) in [6, 6.07) is 0. The molecule has 0 aromatic carbocycles. The summed E-state index contributed by atoms with van der Waals surface area (Å²) in [4.78, 5) is 13.9. The molecule has 2 aliphatic heterocycles. The third kappa shape index (κ3) is 5.09. The van der Waals surface area contributed by atoms with E-state index in [-0.39, 0.29) is 24.7 Å². The van der Waals surface area contributed by atoms with Crippen LogP contribution in [0.4, 0.5) is 0 Å². The molecule has 0 aliphatic carbocycles. The van der Waals surface area contributed by atoms with Crippen LogP contribution in [0.25, 0.3) is 0 Å². The van der Waals surface area contributed by atoms with Crippen molar-refractivity contribution >= 4 is 5.91 Å². The Bertz CT molecular complexity index is 278. The van der Waals surface area contributed by atoms with Crippen LogP contribution in [-0.2, 0) is 14.3 Å². The minimum Gasteiger partial charge on any atom is -0.370 e. The molecule has 110 valence electrons.